The topological polar surface area (TPSA) is 32.7 Å². The number of ether oxygens (including phenoxy) is 1. The number of hydrogen-bond donors (Lipinski definition) is 1. The van der Waals surface area contributed by atoms with Gasteiger partial charge in [-0.15, -0.1) is 0 Å². The Morgan fingerprint density at radius 2 is 1.74 bits per heavy atom. The molecule has 19 heavy (non-hydrogen) atoms. The van der Waals surface area contributed by atoms with Crippen LogP contribution in [0.5, 0.6) is 0 Å². The Hall–Kier alpha value is -0.900. The lowest BCUT2D eigenvalue weighted by molar-refractivity contribution is 0.00259. The van der Waals surface area contributed by atoms with Gasteiger partial charge in [-0.05, 0) is 16.5 Å². The quantitative estimate of drug-likeness (QED) is 0.908. The molecule has 1 heterocycles. The normalized spacial score (nSPS) is 19.4. The molecule has 0 saturated carbocycles. The van der Waals surface area contributed by atoms with Crippen LogP contribution in [0.2, 0.25) is 0 Å². The molecule has 1 fully saturated rings. The van der Waals surface area contributed by atoms with Crippen molar-refractivity contribution in [3.63, 3.8) is 0 Å². The van der Waals surface area contributed by atoms with Crippen molar-refractivity contribution in [2.45, 2.75) is 32.2 Å². The molecule has 1 N–H and O–H groups in total. The first-order valence-corrected chi connectivity index (χ1v) is 7.05. The third kappa shape index (κ3) is 3.56. The van der Waals surface area contributed by atoms with E-state index < -0.39 is 0 Å². The zero-order valence-electron chi connectivity index (χ0n) is 12.2. The van der Waals surface area contributed by atoms with Crippen LogP contribution in [0.15, 0.2) is 24.3 Å². The Balaban J connectivity index is 2.14. The highest BCUT2D eigenvalue weighted by atomic mass is 16.5. The first-order chi connectivity index (χ1) is 9.02. The van der Waals surface area contributed by atoms with Crippen molar-refractivity contribution in [3.05, 3.63) is 35.4 Å². The van der Waals surface area contributed by atoms with Crippen LogP contribution < -0.4 is 0 Å². The molecule has 1 atom stereocenters. The second-order valence-electron chi connectivity index (χ2n) is 6.22. The fourth-order valence-electron chi connectivity index (χ4n) is 2.53. The van der Waals surface area contributed by atoms with Crippen LogP contribution >= 0.6 is 0 Å². The van der Waals surface area contributed by atoms with Gasteiger partial charge in [0.15, 0.2) is 0 Å². The summed E-state index contributed by atoms with van der Waals surface area (Å²) in [4.78, 5) is 2.30. The minimum Gasteiger partial charge on any atom is -0.394 e. The second-order valence-corrected chi connectivity index (χ2v) is 6.22. The van der Waals surface area contributed by atoms with Crippen LogP contribution in [0, 0.1) is 0 Å². The summed E-state index contributed by atoms with van der Waals surface area (Å²) in [6, 6.07) is 8.75. The molecule has 106 valence electrons. The molecule has 1 unspecified atom stereocenters. The Labute approximate surface area is 116 Å². The van der Waals surface area contributed by atoms with E-state index in [1.54, 1.807) is 0 Å². The third-order valence-corrected chi connectivity index (χ3v) is 3.82. The van der Waals surface area contributed by atoms with Gasteiger partial charge in [0.2, 0.25) is 0 Å². The van der Waals surface area contributed by atoms with Crippen LogP contribution in [-0.4, -0.2) is 42.9 Å². The molecule has 3 heteroatoms. The largest absolute Gasteiger partial charge is 0.394 e. The van der Waals surface area contributed by atoms with Gasteiger partial charge in [-0.3, -0.25) is 4.90 Å². The number of benzene rings is 1. The molecule has 1 aliphatic rings. The Bertz CT molecular complexity index is 388. The maximum Gasteiger partial charge on any atom is 0.0628 e. The molecule has 1 saturated heterocycles. The summed E-state index contributed by atoms with van der Waals surface area (Å²) in [6.45, 7) is 10.1. The van der Waals surface area contributed by atoms with E-state index >= 15 is 0 Å². The van der Waals surface area contributed by atoms with Gasteiger partial charge in [-0.25, -0.2) is 0 Å². The summed E-state index contributed by atoms with van der Waals surface area (Å²) in [5.41, 5.74) is 2.69. The molecular formula is C16H25NO2. The summed E-state index contributed by atoms with van der Waals surface area (Å²) in [5, 5.41) is 9.68. The molecule has 0 spiro atoms. The molecule has 1 aromatic carbocycles. The predicted octanol–water partition coefficient (Wildman–Crippen LogP) is 2.35. The van der Waals surface area contributed by atoms with Gasteiger partial charge in [0, 0.05) is 13.1 Å². The zero-order chi connectivity index (χ0) is 13.9. The lowest BCUT2D eigenvalue weighted by Gasteiger charge is -2.34. The lowest BCUT2D eigenvalue weighted by atomic mass is 9.86. The van der Waals surface area contributed by atoms with Crippen LogP contribution in [0.25, 0.3) is 0 Å². The monoisotopic (exact) mass is 263 g/mol. The number of nitrogens with zero attached hydrogens (tertiary/aromatic N) is 1. The van der Waals surface area contributed by atoms with E-state index in [9.17, 15) is 5.11 Å². The van der Waals surface area contributed by atoms with Crippen molar-refractivity contribution in [3.8, 4) is 0 Å². The van der Waals surface area contributed by atoms with Crippen molar-refractivity contribution >= 4 is 0 Å². The average Bonchev–Trinajstić information content (AvgIpc) is 2.40. The smallest absolute Gasteiger partial charge is 0.0628 e. The average molecular weight is 263 g/mol. The summed E-state index contributed by atoms with van der Waals surface area (Å²) < 4.78 is 5.37. The van der Waals surface area contributed by atoms with E-state index in [2.05, 4.69) is 49.9 Å². The Kier molecular flexibility index (Phi) is 4.61. The summed E-state index contributed by atoms with van der Waals surface area (Å²) >= 11 is 0. The summed E-state index contributed by atoms with van der Waals surface area (Å²) in [5.74, 6) is 0. The summed E-state index contributed by atoms with van der Waals surface area (Å²) in [7, 11) is 0. The molecule has 0 radical (unpaired) electrons. The molecule has 0 amide bonds. The van der Waals surface area contributed by atoms with Crippen LogP contribution in [0.3, 0.4) is 0 Å². The van der Waals surface area contributed by atoms with Gasteiger partial charge >= 0.3 is 0 Å². The van der Waals surface area contributed by atoms with Gasteiger partial charge in [-0.1, -0.05) is 45.0 Å². The number of rotatable bonds is 3. The van der Waals surface area contributed by atoms with E-state index in [-0.39, 0.29) is 18.1 Å². The number of aliphatic hydroxyl groups is 1. The highest BCUT2D eigenvalue weighted by molar-refractivity contribution is 5.29. The number of aliphatic hydroxyl groups excluding tert-OH is 1. The first-order valence-electron chi connectivity index (χ1n) is 7.05. The molecule has 0 bridgehead atoms. The highest BCUT2D eigenvalue weighted by Crippen LogP contribution is 2.26. The first kappa shape index (κ1) is 14.5. The van der Waals surface area contributed by atoms with Gasteiger partial charge in [0.1, 0.15) is 0 Å². The molecule has 3 nitrogen and oxygen atoms in total. The third-order valence-electron chi connectivity index (χ3n) is 3.82. The molecule has 0 aliphatic carbocycles. The van der Waals surface area contributed by atoms with Crippen LogP contribution in [0.4, 0.5) is 0 Å². The van der Waals surface area contributed by atoms with E-state index in [0.29, 0.717) is 0 Å². The van der Waals surface area contributed by atoms with Crippen molar-refractivity contribution in [1.82, 2.24) is 4.90 Å². The van der Waals surface area contributed by atoms with E-state index in [4.69, 9.17) is 4.74 Å². The zero-order valence-corrected chi connectivity index (χ0v) is 12.2. The van der Waals surface area contributed by atoms with Crippen molar-refractivity contribution in [2.24, 2.45) is 0 Å². The van der Waals surface area contributed by atoms with Gasteiger partial charge in [0.05, 0.1) is 25.9 Å². The second kappa shape index (κ2) is 6.04. The van der Waals surface area contributed by atoms with Crippen molar-refractivity contribution in [1.29, 1.82) is 0 Å². The van der Waals surface area contributed by atoms with Gasteiger partial charge < -0.3 is 9.84 Å². The maximum atomic E-state index is 9.68. The van der Waals surface area contributed by atoms with Gasteiger partial charge in [0.25, 0.3) is 0 Å². The van der Waals surface area contributed by atoms with E-state index in [1.807, 2.05) is 0 Å². The molecular weight excluding hydrogens is 238 g/mol. The SMILES string of the molecule is CC(C)(C)c1ccc(C(CO)N2CCOCC2)cc1. The Morgan fingerprint density at radius 3 is 2.21 bits per heavy atom. The molecule has 0 aromatic heterocycles. The highest BCUT2D eigenvalue weighted by Gasteiger charge is 2.22. The van der Waals surface area contributed by atoms with Crippen molar-refractivity contribution < 1.29 is 9.84 Å². The van der Waals surface area contributed by atoms with Crippen LogP contribution in [0.1, 0.15) is 37.9 Å². The lowest BCUT2D eigenvalue weighted by Crippen LogP contribution is -2.40. The number of hydrogen-bond acceptors (Lipinski definition) is 3. The minimum absolute atomic E-state index is 0.0953. The minimum atomic E-state index is 0.0953. The van der Waals surface area contributed by atoms with E-state index in [1.165, 1.54) is 11.1 Å². The Morgan fingerprint density at radius 1 is 1.16 bits per heavy atom. The molecule has 1 aliphatic heterocycles. The fraction of sp³-hybridized carbons (Fsp3) is 0.625. The van der Waals surface area contributed by atoms with Gasteiger partial charge in [-0.2, -0.15) is 0 Å². The predicted molar refractivity (Wildman–Crippen MR) is 77.4 cm³/mol. The standard InChI is InChI=1S/C16H25NO2/c1-16(2,3)14-6-4-13(5-7-14)15(12-18)17-8-10-19-11-9-17/h4-7,15,18H,8-12H2,1-3H3. The number of morpholine rings is 1. The fourth-order valence-corrected chi connectivity index (χ4v) is 2.53. The van der Waals surface area contributed by atoms with Crippen LogP contribution in [-0.2, 0) is 10.2 Å². The summed E-state index contributed by atoms with van der Waals surface area (Å²) in [6.07, 6.45) is 0. The molecule has 1 aromatic rings. The maximum absolute atomic E-state index is 9.68. The molecule has 2 rings (SSSR count). The van der Waals surface area contributed by atoms with E-state index in [0.717, 1.165) is 26.3 Å². The van der Waals surface area contributed by atoms with Crippen molar-refractivity contribution in [2.75, 3.05) is 32.9 Å².